The number of carbonyl (C=O) groups is 1. The van der Waals surface area contributed by atoms with Crippen molar-refractivity contribution in [1.82, 2.24) is 5.32 Å². The van der Waals surface area contributed by atoms with E-state index in [4.69, 9.17) is 28.4 Å². The Hall–Kier alpha value is -0.873. The molecule has 9 N–H and O–H groups in total. The summed E-state index contributed by atoms with van der Waals surface area (Å²) in [5.41, 5.74) is 0. The van der Waals surface area contributed by atoms with E-state index in [0.29, 0.717) is 0 Å². The summed E-state index contributed by atoms with van der Waals surface area (Å²) < 4.78 is 34.1. The molecule has 1 amide bonds. The molecular weight excluding hydrogens is 582 g/mol. The number of hydrogen-bond donors (Lipinski definition) is 9. The minimum Gasteiger partial charge on any atom is -0.394 e. The monoisotopic (exact) mass is 629 g/mol. The highest BCUT2D eigenvalue weighted by Gasteiger charge is 2.53. The van der Waals surface area contributed by atoms with Crippen LogP contribution in [0.3, 0.4) is 0 Å². The van der Waals surface area contributed by atoms with Crippen LogP contribution < -0.4 is 5.32 Å². The lowest BCUT2D eigenvalue weighted by molar-refractivity contribution is -0.372. The quantitative estimate of drug-likeness (QED) is 0.0933. The molecule has 3 saturated heterocycles. The van der Waals surface area contributed by atoms with Crippen LogP contribution in [0, 0.1) is 0 Å². The molecule has 0 saturated carbocycles. The van der Waals surface area contributed by atoms with Crippen LogP contribution >= 0.6 is 0 Å². The summed E-state index contributed by atoms with van der Waals surface area (Å²) in [4.78, 5) is 11.8. The second kappa shape index (κ2) is 15.4. The van der Waals surface area contributed by atoms with Crippen molar-refractivity contribution in [2.45, 2.75) is 125 Å². The Labute approximate surface area is 245 Å². The molecule has 3 fully saturated rings. The Morgan fingerprint density at radius 1 is 0.786 bits per heavy atom. The fraction of sp³-hybridized carbons (Fsp3) is 0.960. The molecule has 0 radical (unpaired) electrons. The van der Waals surface area contributed by atoms with Gasteiger partial charge in [0.15, 0.2) is 18.9 Å². The van der Waals surface area contributed by atoms with Crippen LogP contribution in [0.1, 0.15) is 13.3 Å². The van der Waals surface area contributed by atoms with Gasteiger partial charge in [0.05, 0.1) is 32.0 Å². The Morgan fingerprint density at radius 3 is 1.98 bits per heavy atom. The molecule has 42 heavy (non-hydrogen) atoms. The summed E-state index contributed by atoms with van der Waals surface area (Å²) in [5.74, 6) is -0.524. The van der Waals surface area contributed by atoms with E-state index < -0.39 is 120 Å². The molecule has 246 valence electrons. The van der Waals surface area contributed by atoms with Crippen molar-refractivity contribution < 1.29 is 74.1 Å². The maximum Gasteiger partial charge on any atom is 0.217 e. The van der Waals surface area contributed by atoms with Crippen LogP contribution in [0.2, 0.25) is 25.7 Å². The predicted molar refractivity (Wildman–Crippen MR) is 143 cm³/mol. The Bertz CT molecular complexity index is 849. The minimum absolute atomic E-state index is 0.0293. The summed E-state index contributed by atoms with van der Waals surface area (Å²) >= 11 is 0. The van der Waals surface area contributed by atoms with E-state index in [1.165, 1.54) is 6.92 Å². The van der Waals surface area contributed by atoms with Gasteiger partial charge in [0.2, 0.25) is 5.91 Å². The number of ether oxygens (including phenoxy) is 6. The molecule has 3 aliphatic heterocycles. The Balaban J connectivity index is 1.76. The third-order valence-corrected chi connectivity index (χ3v) is 9.18. The van der Waals surface area contributed by atoms with E-state index in [-0.39, 0.29) is 13.0 Å². The minimum atomic E-state index is -1.81. The van der Waals surface area contributed by atoms with Gasteiger partial charge < -0.3 is 74.6 Å². The standard InChI is InChI=1S/C25H47NO15Si/c1-11(30)26-16-13(31)7-12(8-27)37-23(16)41-22-17(32)14(9-28)38-25(20(22)35)40-21-15(10-29)39-24(19(34)18(21)33)36-5-6-42(2,3)4/h12-25,27-29,31-35H,5-10H2,1-4H3,(H,26,30)/t12-,13-,14+,15+,16+,17-,18+,19+,20+,21-,22-,23-,24+,25+/m0/s1. The number of aliphatic hydroxyl groups excluding tert-OH is 8. The molecule has 0 aromatic heterocycles. The zero-order valence-electron chi connectivity index (χ0n) is 24.3. The van der Waals surface area contributed by atoms with Gasteiger partial charge in [-0.05, 0) is 6.04 Å². The summed E-state index contributed by atoms with van der Waals surface area (Å²) in [6, 6.07) is -0.378. The van der Waals surface area contributed by atoms with Crippen molar-refractivity contribution in [1.29, 1.82) is 0 Å². The third kappa shape index (κ3) is 8.86. The summed E-state index contributed by atoms with van der Waals surface area (Å²) in [7, 11) is -1.47. The van der Waals surface area contributed by atoms with E-state index >= 15 is 0 Å². The molecule has 3 heterocycles. The van der Waals surface area contributed by atoms with Gasteiger partial charge in [-0.15, -0.1) is 0 Å². The molecule has 0 aliphatic carbocycles. The zero-order chi connectivity index (χ0) is 31.4. The van der Waals surface area contributed by atoms with Crippen LogP contribution in [-0.4, -0.2) is 167 Å². The van der Waals surface area contributed by atoms with Crippen molar-refractivity contribution in [2.24, 2.45) is 0 Å². The molecule has 17 heteroatoms. The van der Waals surface area contributed by atoms with Gasteiger partial charge in [0.25, 0.3) is 0 Å². The van der Waals surface area contributed by atoms with Crippen LogP contribution in [0.4, 0.5) is 0 Å². The summed E-state index contributed by atoms with van der Waals surface area (Å²) in [6.07, 6.45) is -18.9. The first-order chi connectivity index (χ1) is 19.7. The van der Waals surface area contributed by atoms with Gasteiger partial charge in [-0.1, -0.05) is 19.6 Å². The molecule has 0 bridgehead atoms. The van der Waals surface area contributed by atoms with Crippen LogP contribution in [-0.2, 0) is 33.2 Å². The van der Waals surface area contributed by atoms with Gasteiger partial charge in [-0.25, -0.2) is 0 Å². The topological polar surface area (TPSA) is 246 Å². The predicted octanol–water partition coefficient (Wildman–Crippen LogP) is -4.04. The smallest absolute Gasteiger partial charge is 0.217 e. The second-order valence-electron chi connectivity index (χ2n) is 12.1. The van der Waals surface area contributed by atoms with Gasteiger partial charge in [0, 0.05) is 28.0 Å². The highest BCUT2D eigenvalue weighted by atomic mass is 28.3. The molecule has 16 nitrogen and oxygen atoms in total. The first kappa shape index (κ1) is 35.6. The molecule has 0 spiro atoms. The number of carbonyl (C=O) groups excluding carboxylic acids is 1. The van der Waals surface area contributed by atoms with E-state index in [0.717, 1.165) is 6.04 Å². The maximum absolute atomic E-state index is 11.8. The highest BCUT2D eigenvalue weighted by Crippen LogP contribution is 2.32. The number of aliphatic hydroxyl groups is 8. The first-order valence-electron chi connectivity index (χ1n) is 14.1. The maximum atomic E-state index is 11.8. The lowest BCUT2D eigenvalue weighted by Crippen LogP contribution is -2.66. The SMILES string of the molecule is CC(=O)N[C@H]1[C@H](O[C@H]2[C@@H](O)[C@@H](CO)O[C@H](O[C@@H]3[C@H](O)[C@@H](O)[C@H](OCC[Si](C)(C)C)O[C@@H]3CO)[C@@H]2O)O[C@H](CO)C[C@@H]1O. The molecule has 0 aromatic carbocycles. The van der Waals surface area contributed by atoms with Crippen molar-refractivity contribution in [2.75, 3.05) is 26.4 Å². The average molecular weight is 630 g/mol. The van der Waals surface area contributed by atoms with Crippen LogP contribution in [0.25, 0.3) is 0 Å². The number of hydrogen-bond acceptors (Lipinski definition) is 15. The lowest BCUT2D eigenvalue weighted by Gasteiger charge is -2.48. The van der Waals surface area contributed by atoms with Gasteiger partial charge in [-0.2, -0.15) is 0 Å². The zero-order valence-corrected chi connectivity index (χ0v) is 25.3. The summed E-state index contributed by atoms with van der Waals surface area (Å²) in [5, 5.41) is 85.9. The van der Waals surface area contributed by atoms with E-state index in [9.17, 15) is 45.6 Å². The van der Waals surface area contributed by atoms with Gasteiger partial charge >= 0.3 is 0 Å². The summed E-state index contributed by atoms with van der Waals surface area (Å²) in [6.45, 7) is 5.99. The van der Waals surface area contributed by atoms with Gasteiger partial charge in [0.1, 0.15) is 54.9 Å². The number of nitrogens with one attached hydrogen (secondary N) is 1. The highest BCUT2D eigenvalue weighted by molar-refractivity contribution is 6.76. The molecule has 0 aromatic rings. The average Bonchev–Trinajstić information content (AvgIpc) is 2.92. The molecule has 14 atom stereocenters. The first-order valence-corrected chi connectivity index (χ1v) is 17.8. The van der Waals surface area contributed by atoms with E-state index in [2.05, 4.69) is 25.0 Å². The molecular formula is C25H47NO15Si. The molecule has 0 unspecified atom stereocenters. The van der Waals surface area contributed by atoms with Crippen molar-refractivity contribution in [3.8, 4) is 0 Å². The van der Waals surface area contributed by atoms with Crippen molar-refractivity contribution in [3.63, 3.8) is 0 Å². The van der Waals surface area contributed by atoms with E-state index in [1.807, 2.05) is 0 Å². The largest absolute Gasteiger partial charge is 0.394 e. The lowest BCUT2D eigenvalue weighted by atomic mass is 9.96. The normalized spacial score (nSPS) is 43.2. The fourth-order valence-electron chi connectivity index (χ4n) is 5.04. The Kier molecular flexibility index (Phi) is 13.1. The van der Waals surface area contributed by atoms with Crippen molar-refractivity contribution >= 4 is 14.0 Å². The number of amides is 1. The second-order valence-corrected chi connectivity index (χ2v) is 17.8. The van der Waals surface area contributed by atoms with Crippen molar-refractivity contribution in [3.05, 3.63) is 0 Å². The Morgan fingerprint density at radius 2 is 1.40 bits per heavy atom. The molecule has 3 rings (SSSR count). The van der Waals surface area contributed by atoms with E-state index in [1.54, 1.807) is 0 Å². The van der Waals surface area contributed by atoms with Gasteiger partial charge in [-0.3, -0.25) is 4.79 Å². The molecule has 3 aliphatic rings. The fourth-order valence-corrected chi connectivity index (χ4v) is 5.77. The third-order valence-electron chi connectivity index (χ3n) is 7.47. The number of rotatable bonds is 12. The van der Waals surface area contributed by atoms with Crippen LogP contribution in [0.15, 0.2) is 0 Å². The van der Waals surface area contributed by atoms with Crippen LogP contribution in [0.5, 0.6) is 0 Å².